The Labute approximate surface area is 200 Å². The molecule has 2 aliphatic heterocycles. The van der Waals surface area contributed by atoms with Crippen LogP contribution in [0, 0.1) is 23.4 Å². The molecule has 0 spiro atoms. The summed E-state index contributed by atoms with van der Waals surface area (Å²) < 4.78 is 43.1. The molecule has 2 aliphatic rings. The van der Waals surface area contributed by atoms with E-state index in [0.29, 0.717) is 37.4 Å². The number of halogens is 4. The quantitative estimate of drug-likeness (QED) is 0.581. The van der Waals surface area contributed by atoms with Crippen molar-refractivity contribution in [3.8, 4) is 5.69 Å². The van der Waals surface area contributed by atoms with Crippen LogP contribution in [0.5, 0.6) is 0 Å². The van der Waals surface area contributed by atoms with Crippen molar-refractivity contribution in [1.29, 1.82) is 0 Å². The monoisotopic (exact) mass is 488 g/mol. The highest BCUT2D eigenvalue weighted by molar-refractivity contribution is 6.30. The molecule has 1 amide bonds. The number of nitrogens with zero attached hydrogens (tertiary/aromatic N) is 3. The molecule has 34 heavy (non-hydrogen) atoms. The van der Waals surface area contributed by atoms with Crippen LogP contribution in [0.15, 0.2) is 48.7 Å². The second-order valence-electron chi connectivity index (χ2n) is 8.90. The minimum atomic E-state index is -0.626. The van der Waals surface area contributed by atoms with Crippen LogP contribution in [0.1, 0.15) is 35.9 Å². The summed E-state index contributed by atoms with van der Waals surface area (Å²) in [5.41, 5.74) is 2.05. The van der Waals surface area contributed by atoms with Gasteiger partial charge in [-0.25, -0.2) is 17.9 Å². The fourth-order valence-electron chi connectivity index (χ4n) is 5.15. The average Bonchev–Trinajstić information content (AvgIpc) is 3.51. The van der Waals surface area contributed by atoms with Gasteiger partial charge in [-0.15, -0.1) is 0 Å². The van der Waals surface area contributed by atoms with Gasteiger partial charge in [0.1, 0.15) is 17.5 Å². The number of carbonyl (C=O) groups is 1. The third kappa shape index (κ3) is 4.32. The highest BCUT2D eigenvalue weighted by Gasteiger charge is 2.39. The zero-order chi connectivity index (χ0) is 23.8. The lowest BCUT2D eigenvalue weighted by molar-refractivity contribution is -0.136. The molecule has 3 heterocycles. The van der Waals surface area contributed by atoms with Crippen LogP contribution in [0.4, 0.5) is 13.2 Å². The summed E-state index contributed by atoms with van der Waals surface area (Å²) in [6.45, 7) is 2.11. The van der Waals surface area contributed by atoms with Gasteiger partial charge in [-0.3, -0.25) is 4.79 Å². The average molecular weight is 489 g/mol. The van der Waals surface area contributed by atoms with Gasteiger partial charge in [-0.1, -0.05) is 17.7 Å². The number of hydrogen-bond acceptors (Lipinski definition) is 3. The first-order chi connectivity index (χ1) is 16.4. The molecule has 5 nitrogen and oxygen atoms in total. The maximum Gasteiger partial charge on any atom is 0.227 e. The van der Waals surface area contributed by atoms with Crippen molar-refractivity contribution in [2.45, 2.75) is 24.7 Å². The minimum Gasteiger partial charge on any atom is -0.342 e. The van der Waals surface area contributed by atoms with E-state index in [1.54, 1.807) is 23.0 Å². The van der Waals surface area contributed by atoms with Gasteiger partial charge < -0.3 is 10.2 Å². The van der Waals surface area contributed by atoms with Crippen LogP contribution in [0.25, 0.3) is 5.69 Å². The number of amides is 1. The first-order valence-electron chi connectivity index (χ1n) is 11.4. The van der Waals surface area contributed by atoms with Crippen molar-refractivity contribution in [2.75, 3.05) is 26.2 Å². The smallest absolute Gasteiger partial charge is 0.227 e. The predicted octanol–water partition coefficient (Wildman–Crippen LogP) is 4.65. The summed E-state index contributed by atoms with van der Waals surface area (Å²) in [5, 5.41) is 7.62. The number of aromatic nitrogens is 2. The van der Waals surface area contributed by atoms with E-state index in [-0.39, 0.29) is 28.7 Å². The van der Waals surface area contributed by atoms with Crippen LogP contribution >= 0.6 is 11.6 Å². The Bertz CT molecular complexity index is 1210. The van der Waals surface area contributed by atoms with Crippen LogP contribution in [-0.4, -0.2) is 46.8 Å². The molecule has 178 valence electrons. The maximum atomic E-state index is 14.4. The van der Waals surface area contributed by atoms with Crippen molar-refractivity contribution in [3.05, 3.63) is 82.4 Å². The molecule has 0 unspecified atom stereocenters. The van der Waals surface area contributed by atoms with Crippen LogP contribution in [0.3, 0.4) is 0 Å². The van der Waals surface area contributed by atoms with Gasteiger partial charge >= 0.3 is 0 Å². The summed E-state index contributed by atoms with van der Waals surface area (Å²) in [4.78, 5) is 15.2. The zero-order valence-corrected chi connectivity index (χ0v) is 19.1. The van der Waals surface area contributed by atoms with Gasteiger partial charge in [0.05, 0.1) is 16.6 Å². The normalized spacial score (nSPS) is 21.2. The number of benzene rings is 2. The van der Waals surface area contributed by atoms with E-state index >= 15 is 0 Å². The molecule has 2 aromatic carbocycles. The summed E-state index contributed by atoms with van der Waals surface area (Å²) in [6, 6.07) is 10.00. The maximum absolute atomic E-state index is 14.4. The fourth-order valence-corrected chi connectivity index (χ4v) is 5.33. The van der Waals surface area contributed by atoms with Gasteiger partial charge in [0, 0.05) is 56.0 Å². The summed E-state index contributed by atoms with van der Waals surface area (Å²) >= 11 is 5.95. The van der Waals surface area contributed by atoms with E-state index in [1.807, 2.05) is 11.0 Å². The van der Waals surface area contributed by atoms with E-state index in [0.717, 1.165) is 24.6 Å². The van der Waals surface area contributed by atoms with Gasteiger partial charge in [0.2, 0.25) is 5.91 Å². The van der Waals surface area contributed by atoms with Crippen LogP contribution < -0.4 is 5.32 Å². The Morgan fingerprint density at radius 2 is 1.79 bits per heavy atom. The van der Waals surface area contributed by atoms with E-state index in [9.17, 15) is 18.0 Å². The minimum absolute atomic E-state index is 0.00370. The topological polar surface area (TPSA) is 50.2 Å². The molecule has 1 aromatic heterocycles. The van der Waals surface area contributed by atoms with E-state index < -0.39 is 17.5 Å². The summed E-state index contributed by atoms with van der Waals surface area (Å²) in [7, 11) is 0. The van der Waals surface area contributed by atoms with Crippen molar-refractivity contribution < 1.29 is 18.0 Å². The number of piperidine rings is 1. The molecule has 1 N–H and O–H groups in total. The third-order valence-corrected chi connectivity index (χ3v) is 7.23. The number of likely N-dealkylation sites (tertiary alicyclic amines) is 1. The second-order valence-corrected chi connectivity index (χ2v) is 9.31. The fraction of sp³-hybridized carbons (Fsp3) is 0.360. The molecule has 2 fully saturated rings. The van der Waals surface area contributed by atoms with Crippen LogP contribution in [-0.2, 0) is 4.79 Å². The molecule has 2 saturated heterocycles. The lowest BCUT2D eigenvalue weighted by atomic mass is 9.86. The molecule has 0 saturated carbocycles. The van der Waals surface area contributed by atoms with E-state index in [2.05, 4.69) is 10.4 Å². The van der Waals surface area contributed by atoms with Gasteiger partial charge in [0.25, 0.3) is 0 Å². The SMILES string of the molecule is O=C([C@@H]1CNC[C@H]1c1ccc(F)cc1F)N1CCC(c2ccnn2-c2ccc(F)c(Cl)c2)CC1. The van der Waals surface area contributed by atoms with Crippen molar-refractivity contribution in [3.63, 3.8) is 0 Å². The Hall–Kier alpha value is -2.84. The molecule has 3 aromatic rings. The van der Waals surface area contributed by atoms with E-state index in [1.165, 1.54) is 18.2 Å². The number of carbonyl (C=O) groups excluding carboxylic acids is 1. The molecule has 9 heteroatoms. The van der Waals surface area contributed by atoms with E-state index in [4.69, 9.17) is 11.6 Å². The lowest BCUT2D eigenvalue weighted by Gasteiger charge is -2.34. The first kappa shape index (κ1) is 22.9. The molecule has 0 radical (unpaired) electrons. The molecule has 5 rings (SSSR count). The first-order valence-corrected chi connectivity index (χ1v) is 11.7. The summed E-state index contributed by atoms with van der Waals surface area (Å²) in [5.74, 6) is -2.25. The molecule has 0 aliphatic carbocycles. The highest BCUT2D eigenvalue weighted by atomic mass is 35.5. The lowest BCUT2D eigenvalue weighted by Crippen LogP contribution is -2.43. The molecular formula is C25H24ClF3N4O. The van der Waals surface area contributed by atoms with Crippen molar-refractivity contribution >= 4 is 17.5 Å². The molecule has 2 atom stereocenters. The number of hydrogen-bond donors (Lipinski definition) is 1. The standard InChI is InChI=1S/C25H24ClF3N4O/c26-21-12-17(2-4-22(21)28)33-24(5-8-31-33)15-6-9-32(10-7-15)25(34)20-14-30-13-19(20)18-3-1-16(27)11-23(18)29/h1-5,8,11-12,15,19-20,30H,6-7,9-10,13-14H2/t19-,20+/m0/s1. The largest absolute Gasteiger partial charge is 0.342 e. The second kappa shape index (κ2) is 9.43. The van der Waals surface area contributed by atoms with Crippen molar-refractivity contribution in [2.24, 2.45) is 5.92 Å². The molecular weight excluding hydrogens is 465 g/mol. The predicted molar refractivity (Wildman–Crippen MR) is 123 cm³/mol. The zero-order valence-electron chi connectivity index (χ0n) is 18.4. The Kier molecular flexibility index (Phi) is 6.36. The van der Waals surface area contributed by atoms with Crippen LogP contribution in [0.2, 0.25) is 5.02 Å². The number of nitrogens with one attached hydrogen (secondary N) is 1. The highest BCUT2D eigenvalue weighted by Crippen LogP contribution is 2.35. The number of rotatable bonds is 4. The molecule has 0 bridgehead atoms. The third-order valence-electron chi connectivity index (χ3n) is 6.94. The Morgan fingerprint density at radius 1 is 1.00 bits per heavy atom. The summed E-state index contributed by atoms with van der Waals surface area (Å²) in [6.07, 6.45) is 3.21. The Balaban J connectivity index is 1.27. The van der Waals surface area contributed by atoms with Gasteiger partial charge in [-0.2, -0.15) is 5.10 Å². The van der Waals surface area contributed by atoms with Crippen molar-refractivity contribution in [1.82, 2.24) is 20.0 Å². The Morgan fingerprint density at radius 3 is 2.53 bits per heavy atom. The van der Waals surface area contributed by atoms with Gasteiger partial charge in [-0.05, 0) is 48.7 Å². The van der Waals surface area contributed by atoms with Gasteiger partial charge in [0.15, 0.2) is 0 Å².